The number of nitrogens with zero attached hydrogens (tertiary/aromatic N) is 2. The Morgan fingerprint density at radius 2 is 1.78 bits per heavy atom. The first-order chi connectivity index (χ1) is 12.6. The lowest BCUT2D eigenvalue weighted by Gasteiger charge is -2.09. The van der Waals surface area contributed by atoms with Crippen molar-refractivity contribution in [3.8, 4) is 0 Å². The van der Waals surface area contributed by atoms with Gasteiger partial charge in [-0.1, -0.05) is 58.0 Å². The number of halogens is 5. The van der Waals surface area contributed by atoms with Crippen LogP contribution in [0.2, 0.25) is 25.2 Å². The molecule has 0 radical (unpaired) electrons. The van der Waals surface area contributed by atoms with Gasteiger partial charge in [0, 0.05) is 12.1 Å². The molecule has 142 valence electrons. The summed E-state index contributed by atoms with van der Waals surface area (Å²) in [4.78, 5) is 37.6. The van der Waals surface area contributed by atoms with Gasteiger partial charge in [-0.25, -0.2) is 9.78 Å². The van der Waals surface area contributed by atoms with Crippen LogP contribution in [0.3, 0.4) is 0 Å². The third kappa shape index (κ3) is 5.12. The number of esters is 1. The highest BCUT2D eigenvalue weighted by Gasteiger charge is 2.22. The first-order valence-corrected chi connectivity index (χ1v) is 8.61. The van der Waals surface area contributed by atoms with Crippen molar-refractivity contribution in [2.45, 2.75) is 0 Å². The fourth-order valence-electron chi connectivity index (χ4n) is 1.73. The second-order valence-electron chi connectivity index (χ2n) is 4.74. The molecule has 0 aliphatic heterocycles. The van der Waals surface area contributed by atoms with Crippen LogP contribution in [-0.2, 0) is 9.53 Å². The Bertz CT molecular complexity index is 953. The first kappa shape index (κ1) is 21.5. The van der Waals surface area contributed by atoms with Gasteiger partial charge in [0.15, 0.2) is 12.3 Å². The van der Waals surface area contributed by atoms with Crippen LogP contribution >= 0.6 is 58.0 Å². The van der Waals surface area contributed by atoms with Gasteiger partial charge in [-0.3, -0.25) is 14.9 Å². The van der Waals surface area contributed by atoms with Gasteiger partial charge in [-0.05, 0) is 6.07 Å². The molecule has 1 heterocycles. The molecule has 0 saturated carbocycles. The van der Waals surface area contributed by atoms with E-state index in [9.17, 15) is 19.7 Å². The van der Waals surface area contributed by atoms with Crippen LogP contribution in [-0.4, -0.2) is 28.4 Å². The van der Waals surface area contributed by atoms with Crippen LogP contribution in [0.25, 0.3) is 0 Å². The predicted octanol–water partition coefficient (Wildman–Crippen LogP) is 5.05. The molecule has 13 heteroatoms. The fourth-order valence-corrected chi connectivity index (χ4v) is 2.75. The van der Waals surface area contributed by atoms with Gasteiger partial charge in [-0.15, -0.1) is 0 Å². The van der Waals surface area contributed by atoms with Crippen LogP contribution in [0.4, 0.5) is 11.4 Å². The van der Waals surface area contributed by atoms with Crippen molar-refractivity contribution >= 4 is 81.3 Å². The van der Waals surface area contributed by atoms with Gasteiger partial charge in [0.1, 0.15) is 5.15 Å². The second-order valence-corrected chi connectivity index (χ2v) is 6.64. The number of anilines is 1. The Morgan fingerprint density at radius 3 is 2.37 bits per heavy atom. The van der Waals surface area contributed by atoms with Crippen molar-refractivity contribution in [1.29, 1.82) is 0 Å². The number of nitro benzene ring substituents is 1. The molecule has 1 N–H and O–H groups in total. The molecule has 1 amide bonds. The molecular formula is C14H6Cl5N3O5. The number of pyridine rings is 1. The van der Waals surface area contributed by atoms with E-state index >= 15 is 0 Å². The molecule has 2 rings (SSSR count). The van der Waals surface area contributed by atoms with Gasteiger partial charge < -0.3 is 10.1 Å². The number of nitrogens with one attached hydrogen (secondary N) is 1. The molecule has 0 aliphatic rings. The Kier molecular flexibility index (Phi) is 7.07. The zero-order valence-corrected chi connectivity index (χ0v) is 16.5. The van der Waals surface area contributed by atoms with E-state index in [2.05, 4.69) is 10.3 Å². The van der Waals surface area contributed by atoms with Gasteiger partial charge in [0.05, 0.1) is 30.7 Å². The van der Waals surface area contributed by atoms with E-state index in [4.69, 9.17) is 62.7 Å². The summed E-state index contributed by atoms with van der Waals surface area (Å²) < 4.78 is 4.79. The van der Waals surface area contributed by atoms with Gasteiger partial charge in [0.2, 0.25) is 0 Å². The second kappa shape index (κ2) is 8.90. The topological polar surface area (TPSA) is 111 Å². The first-order valence-electron chi connectivity index (χ1n) is 6.72. The molecule has 2 aromatic rings. The number of ether oxygens (including phenoxy) is 1. The number of hydrogen-bond donors (Lipinski definition) is 1. The Morgan fingerprint density at radius 1 is 1.11 bits per heavy atom. The zero-order chi connectivity index (χ0) is 20.3. The van der Waals surface area contributed by atoms with Crippen LogP contribution in [0.5, 0.6) is 0 Å². The summed E-state index contributed by atoms with van der Waals surface area (Å²) in [6, 6.07) is 3.44. The van der Waals surface area contributed by atoms with E-state index in [0.717, 1.165) is 12.1 Å². The summed E-state index contributed by atoms with van der Waals surface area (Å²) in [7, 11) is 0. The maximum absolute atomic E-state index is 12.0. The summed E-state index contributed by atoms with van der Waals surface area (Å²) in [6.07, 6.45) is 0. The average molecular weight is 473 g/mol. The largest absolute Gasteiger partial charge is 0.451 e. The van der Waals surface area contributed by atoms with E-state index < -0.39 is 29.1 Å². The molecule has 0 aliphatic carbocycles. The van der Waals surface area contributed by atoms with E-state index in [-0.39, 0.29) is 36.6 Å². The highest BCUT2D eigenvalue weighted by molar-refractivity contribution is 6.52. The molecule has 0 saturated heterocycles. The third-order valence-corrected chi connectivity index (χ3v) is 4.94. The van der Waals surface area contributed by atoms with Crippen molar-refractivity contribution in [3.63, 3.8) is 0 Å². The number of nitro groups is 1. The molecular weight excluding hydrogens is 467 g/mol. The maximum Gasteiger partial charge on any atom is 0.359 e. The number of non-ortho nitro benzene ring substituents is 1. The zero-order valence-electron chi connectivity index (χ0n) is 12.8. The normalized spacial score (nSPS) is 10.4. The quantitative estimate of drug-likeness (QED) is 0.281. The van der Waals surface area contributed by atoms with Crippen molar-refractivity contribution in [2.75, 3.05) is 11.9 Å². The van der Waals surface area contributed by atoms with Crippen LogP contribution in [0.1, 0.15) is 10.5 Å². The molecule has 1 aromatic heterocycles. The van der Waals surface area contributed by atoms with E-state index in [1.54, 1.807) is 0 Å². The lowest BCUT2D eigenvalue weighted by molar-refractivity contribution is -0.384. The third-order valence-electron chi connectivity index (χ3n) is 2.95. The summed E-state index contributed by atoms with van der Waals surface area (Å²) in [6.45, 7) is -0.720. The van der Waals surface area contributed by atoms with Crippen molar-refractivity contribution in [1.82, 2.24) is 4.98 Å². The van der Waals surface area contributed by atoms with Gasteiger partial charge >= 0.3 is 5.97 Å². The SMILES string of the molecule is O=C(COC(=O)c1nc(Cl)c(Cl)c(Cl)c1Cl)Nc1ccc([N+](=O)[O-])cc1Cl. The van der Waals surface area contributed by atoms with Crippen molar-refractivity contribution in [3.05, 3.63) is 59.3 Å². The highest BCUT2D eigenvalue weighted by Crippen LogP contribution is 2.36. The standard InChI is InChI=1S/C14H6Cl5N3O5/c15-6-3-5(22(25)26)1-2-7(6)20-8(23)4-27-14(24)12-10(17)9(16)11(18)13(19)21-12/h1-3H,4H2,(H,20,23). The molecule has 0 unspecified atom stereocenters. The fraction of sp³-hybridized carbons (Fsp3) is 0.0714. The molecule has 8 nitrogen and oxygen atoms in total. The lowest BCUT2D eigenvalue weighted by atomic mass is 10.3. The van der Waals surface area contributed by atoms with Crippen LogP contribution in [0, 0.1) is 10.1 Å². The average Bonchev–Trinajstić information content (AvgIpc) is 2.62. The molecule has 0 fully saturated rings. The number of benzene rings is 1. The summed E-state index contributed by atoms with van der Waals surface area (Å²) >= 11 is 29.0. The summed E-state index contributed by atoms with van der Waals surface area (Å²) in [5.41, 5.74) is -0.573. The minimum absolute atomic E-state index is 0.0650. The smallest absolute Gasteiger partial charge is 0.359 e. The highest BCUT2D eigenvalue weighted by atomic mass is 35.5. The van der Waals surface area contributed by atoms with E-state index in [0.29, 0.717) is 0 Å². The number of amides is 1. The minimum Gasteiger partial charge on any atom is -0.451 e. The van der Waals surface area contributed by atoms with E-state index in [1.165, 1.54) is 6.07 Å². The monoisotopic (exact) mass is 471 g/mol. The van der Waals surface area contributed by atoms with Crippen molar-refractivity contribution in [2.24, 2.45) is 0 Å². The summed E-state index contributed by atoms with van der Waals surface area (Å²) in [5.74, 6) is -1.83. The predicted molar refractivity (Wildman–Crippen MR) is 101 cm³/mol. The number of aromatic nitrogens is 1. The van der Waals surface area contributed by atoms with E-state index in [1.807, 2.05) is 0 Å². The van der Waals surface area contributed by atoms with Crippen molar-refractivity contribution < 1.29 is 19.2 Å². The Hall–Kier alpha value is -1.84. The number of rotatable bonds is 5. The maximum atomic E-state index is 12.0. The lowest BCUT2D eigenvalue weighted by Crippen LogP contribution is -2.21. The number of carbonyl (C=O) groups excluding carboxylic acids is 2. The number of carbonyl (C=O) groups is 2. The molecule has 1 aromatic carbocycles. The molecule has 0 bridgehead atoms. The van der Waals surface area contributed by atoms with Gasteiger partial charge in [0.25, 0.3) is 11.6 Å². The molecule has 0 spiro atoms. The Balaban J connectivity index is 2.04. The summed E-state index contributed by atoms with van der Waals surface area (Å²) in [5, 5.41) is 12.1. The van der Waals surface area contributed by atoms with Gasteiger partial charge in [-0.2, -0.15) is 0 Å². The number of hydrogen-bond acceptors (Lipinski definition) is 6. The van der Waals surface area contributed by atoms with Crippen LogP contribution in [0.15, 0.2) is 18.2 Å². The molecule has 27 heavy (non-hydrogen) atoms. The Labute approximate surface area is 176 Å². The van der Waals surface area contributed by atoms with Crippen LogP contribution < -0.4 is 5.32 Å². The molecule has 0 atom stereocenters. The minimum atomic E-state index is -1.06.